The molecule has 11 nitrogen and oxygen atoms in total. The first kappa shape index (κ1) is 32.7. The number of fused-ring (bicyclic) bond motifs is 1. The van der Waals surface area contributed by atoms with Crippen LogP contribution >= 0.6 is 0 Å². The third kappa shape index (κ3) is 6.50. The van der Waals surface area contributed by atoms with Crippen LogP contribution in [0.3, 0.4) is 0 Å². The minimum atomic E-state index is -4.49. The number of nitrogens with one attached hydrogen (secondary N) is 1. The maximum absolute atomic E-state index is 15.9. The number of hydrogen-bond acceptors (Lipinski definition) is 8. The second kappa shape index (κ2) is 12.6. The molecule has 1 N–H and O–H groups in total. The van der Waals surface area contributed by atoms with Crippen molar-refractivity contribution in [2.75, 3.05) is 18.4 Å². The zero-order chi connectivity index (χ0) is 33.4. The number of imidazole rings is 2. The molecule has 0 unspecified atom stereocenters. The van der Waals surface area contributed by atoms with Crippen LogP contribution in [0.5, 0.6) is 5.88 Å². The Hall–Kier alpha value is -4.65. The van der Waals surface area contributed by atoms with Crippen molar-refractivity contribution < 1.29 is 26.7 Å². The Kier molecular flexibility index (Phi) is 8.98. The number of aromatic nitrogens is 5. The summed E-state index contributed by atoms with van der Waals surface area (Å²) in [6.07, 6.45) is 4.17. The molecule has 5 aromatic rings. The normalized spacial score (nSPS) is 12.0. The number of aryl methyl sites for hydroxylation is 1. The molecule has 0 fully saturated rings. The standard InChI is InChI=1S/C31H33F2N7O4SSi/c1-19-20(2)40(18-44-11-12-46(4,5)6)30(37-19)29-25-10-7-22(16-39(25)17-36-29)27-23(32)8-9-24(28(27)33)38-45(41,42)26-13-21(14-34)15-35-31(26)43-3/h7-10,13,15-17,38H,11-12,18H2,1-6H3. The van der Waals surface area contributed by atoms with Crippen LogP contribution in [-0.4, -0.2) is 54.1 Å². The molecule has 46 heavy (non-hydrogen) atoms. The van der Waals surface area contributed by atoms with Gasteiger partial charge in [-0.3, -0.25) is 4.72 Å². The van der Waals surface area contributed by atoms with Crippen LogP contribution < -0.4 is 9.46 Å². The maximum atomic E-state index is 15.9. The lowest BCUT2D eigenvalue weighted by Gasteiger charge is -2.16. The fourth-order valence-electron chi connectivity index (χ4n) is 4.78. The first-order valence-corrected chi connectivity index (χ1v) is 19.5. The summed E-state index contributed by atoms with van der Waals surface area (Å²) in [6, 6.07) is 9.02. The Bertz CT molecular complexity index is 2100. The van der Waals surface area contributed by atoms with Crippen LogP contribution in [0.2, 0.25) is 25.7 Å². The molecule has 0 amide bonds. The van der Waals surface area contributed by atoms with Crippen molar-refractivity contribution >= 4 is 29.3 Å². The van der Waals surface area contributed by atoms with Crippen molar-refractivity contribution in [2.45, 2.75) is 51.2 Å². The number of rotatable bonds is 11. The zero-order valence-corrected chi connectivity index (χ0v) is 28.0. The highest BCUT2D eigenvalue weighted by Crippen LogP contribution is 2.34. The first-order chi connectivity index (χ1) is 21.7. The Morgan fingerprint density at radius 2 is 1.87 bits per heavy atom. The monoisotopic (exact) mass is 665 g/mol. The van der Waals surface area contributed by atoms with Crippen LogP contribution in [0.25, 0.3) is 28.2 Å². The summed E-state index contributed by atoms with van der Waals surface area (Å²) in [5.41, 5.74) is 2.13. The van der Waals surface area contributed by atoms with E-state index >= 15 is 8.78 Å². The summed E-state index contributed by atoms with van der Waals surface area (Å²) in [4.78, 5) is 12.7. The van der Waals surface area contributed by atoms with Gasteiger partial charge >= 0.3 is 0 Å². The lowest BCUT2D eigenvalue weighted by molar-refractivity contribution is 0.0869. The van der Waals surface area contributed by atoms with E-state index < -0.39 is 45.9 Å². The number of sulfonamides is 1. The van der Waals surface area contributed by atoms with Gasteiger partial charge in [-0.05, 0) is 44.2 Å². The van der Waals surface area contributed by atoms with Crippen LogP contribution in [0, 0.1) is 36.8 Å². The fourth-order valence-corrected chi connectivity index (χ4v) is 6.74. The molecule has 0 saturated carbocycles. The van der Waals surface area contributed by atoms with E-state index in [1.54, 1.807) is 16.5 Å². The maximum Gasteiger partial charge on any atom is 0.267 e. The van der Waals surface area contributed by atoms with Crippen molar-refractivity contribution in [3.63, 3.8) is 0 Å². The molecular formula is C31H33F2N7O4SSi. The fraction of sp³-hybridized carbons (Fsp3) is 0.290. The van der Waals surface area contributed by atoms with Crippen molar-refractivity contribution in [2.24, 2.45) is 0 Å². The summed E-state index contributed by atoms with van der Waals surface area (Å²) >= 11 is 0. The number of pyridine rings is 2. The van der Waals surface area contributed by atoms with Gasteiger partial charge in [-0.1, -0.05) is 25.7 Å². The molecule has 0 saturated heterocycles. The van der Waals surface area contributed by atoms with Gasteiger partial charge in [-0.25, -0.2) is 32.2 Å². The summed E-state index contributed by atoms with van der Waals surface area (Å²) in [6.45, 7) is 11.7. The molecule has 4 aromatic heterocycles. The minimum absolute atomic E-state index is 0.0446. The van der Waals surface area contributed by atoms with Gasteiger partial charge in [-0.15, -0.1) is 0 Å². The smallest absolute Gasteiger partial charge is 0.267 e. The number of anilines is 1. The van der Waals surface area contributed by atoms with Crippen molar-refractivity contribution in [1.82, 2.24) is 23.9 Å². The van der Waals surface area contributed by atoms with E-state index in [2.05, 4.69) is 34.3 Å². The summed E-state index contributed by atoms with van der Waals surface area (Å²) in [5, 5.41) is 9.19. The SMILES string of the molecule is COc1ncc(C#N)cc1S(=O)(=O)Nc1ccc(F)c(-c2ccc3c(-c4nc(C)c(C)n4COCC[Si](C)(C)C)ncn3c2)c1F. The van der Waals surface area contributed by atoms with Crippen LogP contribution in [0.1, 0.15) is 17.0 Å². The lowest BCUT2D eigenvalue weighted by Crippen LogP contribution is -2.22. The van der Waals surface area contributed by atoms with E-state index in [-0.39, 0.29) is 17.0 Å². The highest BCUT2D eigenvalue weighted by Gasteiger charge is 2.26. The van der Waals surface area contributed by atoms with Gasteiger partial charge in [0.2, 0.25) is 5.88 Å². The van der Waals surface area contributed by atoms with Crippen LogP contribution in [-0.2, 0) is 21.5 Å². The van der Waals surface area contributed by atoms with Gasteiger partial charge in [-0.2, -0.15) is 5.26 Å². The van der Waals surface area contributed by atoms with E-state index in [0.29, 0.717) is 30.4 Å². The Balaban J connectivity index is 1.48. The number of nitrogens with zero attached hydrogens (tertiary/aromatic N) is 6. The largest absolute Gasteiger partial charge is 0.480 e. The molecule has 240 valence electrons. The van der Waals surface area contributed by atoms with Crippen molar-refractivity contribution in [1.29, 1.82) is 5.26 Å². The van der Waals surface area contributed by atoms with Gasteiger partial charge in [0.1, 0.15) is 30.6 Å². The molecule has 0 bridgehead atoms. The highest BCUT2D eigenvalue weighted by molar-refractivity contribution is 7.92. The number of hydrogen-bond donors (Lipinski definition) is 1. The molecular weight excluding hydrogens is 633 g/mol. The zero-order valence-electron chi connectivity index (χ0n) is 26.2. The molecule has 0 radical (unpaired) electrons. The summed E-state index contributed by atoms with van der Waals surface area (Å²) in [5.74, 6) is -1.72. The Morgan fingerprint density at radius 1 is 1.11 bits per heavy atom. The molecule has 1 aromatic carbocycles. The van der Waals surface area contributed by atoms with Crippen molar-refractivity contribution in [3.8, 4) is 34.6 Å². The topological polar surface area (TPSA) is 136 Å². The number of benzene rings is 1. The van der Waals surface area contributed by atoms with Crippen LogP contribution in [0.4, 0.5) is 14.5 Å². The van der Waals surface area contributed by atoms with Gasteiger partial charge in [0, 0.05) is 38.3 Å². The number of halogens is 2. The molecule has 5 rings (SSSR count). The predicted octanol–water partition coefficient (Wildman–Crippen LogP) is 6.15. The highest BCUT2D eigenvalue weighted by atomic mass is 32.2. The molecule has 0 atom stereocenters. The lowest BCUT2D eigenvalue weighted by atomic mass is 10.0. The quantitative estimate of drug-likeness (QED) is 0.131. The summed E-state index contributed by atoms with van der Waals surface area (Å²) in [7, 11) is -4.54. The molecule has 15 heteroatoms. The number of ether oxygens (including phenoxy) is 2. The molecule has 0 aliphatic heterocycles. The molecule has 4 heterocycles. The number of methoxy groups -OCH3 is 1. The van der Waals surface area contributed by atoms with Gasteiger partial charge in [0.15, 0.2) is 16.5 Å². The van der Waals surface area contributed by atoms with E-state index in [9.17, 15) is 13.7 Å². The van der Waals surface area contributed by atoms with Crippen molar-refractivity contribution in [3.05, 3.63) is 77.6 Å². The van der Waals surface area contributed by atoms with Gasteiger partial charge in [0.25, 0.3) is 10.0 Å². The van der Waals surface area contributed by atoms with E-state index in [1.807, 2.05) is 18.4 Å². The van der Waals surface area contributed by atoms with Crippen LogP contribution in [0.15, 0.2) is 53.9 Å². The summed E-state index contributed by atoms with van der Waals surface area (Å²) < 4.78 is 74.2. The second-order valence-electron chi connectivity index (χ2n) is 11.9. The van der Waals surface area contributed by atoms with E-state index in [1.165, 1.54) is 25.7 Å². The first-order valence-electron chi connectivity index (χ1n) is 14.3. The Labute approximate surface area is 266 Å². The average molecular weight is 666 g/mol. The predicted molar refractivity (Wildman–Crippen MR) is 172 cm³/mol. The average Bonchev–Trinajstić information content (AvgIpc) is 3.55. The Morgan fingerprint density at radius 3 is 2.57 bits per heavy atom. The minimum Gasteiger partial charge on any atom is -0.480 e. The molecule has 0 spiro atoms. The van der Waals surface area contributed by atoms with E-state index in [0.717, 1.165) is 41.8 Å². The number of nitriles is 1. The third-order valence-corrected chi connectivity index (χ3v) is 10.5. The third-order valence-electron chi connectivity index (χ3n) is 7.47. The second-order valence-corrected chi connectivity index (χ2v) is 19.2. The van der Waals surface area contributed by atoms with Gasteiger partial charge in [0.05, 0.1) is 35.1 Å². The van der Waals surface area contributed by atoms with E-state index in [4.69, 9.17) is 14.5 Å². The molecule has 0 aliphatic carbocycles. The molecule has 0 aliphatic rings. The van der Waals surface area contributed by atoms with Gasteiger partial charge < -0.3 is 18.4 Å².